The number of hydrogen-bond acceptors (Lipinski definition) is 1. The average Bonchev–Trinajstić information content (AvgIpc) is 2.81. The van der Waals surface area contributed by atoms with Crippen LogP contribution in [-0.2, 0) is 13.5 Å². The van der Waals surface area contributed by atoms with Crippen molar-refractivity contribution in [1.29, 1.82) is 0 Å². The number of aromatic nitrogens is 1. The van der Waals surface area contributed by atoms with E-state index in [1.807, 2.05) is 6.07 Å². The van der Waals surface area contributed by atoms with Crippen LogP contribution >= 0.6 is 0 Å². The SMILES string of the molecule is COc1cccc([C@@H](C)CCc2cccn2C)c1. The van der Waals surface area contributed by atoms with Crippen molar-refractivity contribution in [3.05, 3.63) is 53.9 Å². The maximum atomic E-state index is 5.27. The van der Waals surface area contributed by atoms with Crippen molar-refractivity contribution >= 4 is 0 Å². The highest BCUT2D eigenvalue weighted by atomic mass is 16.5. The third-order valence-electron chi connectivity index (χ3n) is 3.55. The molecule has 2 aromatic rings. The second-order valence-corrected chi connectivity index (χ2v) is 4.83. The Morgan fingerprint density at radius 2 is 2.06 bits per heavy atom. The summed E-state index contributed by atoms with van der Waals surface area (Å²) in [6.45, 7) is 2.28. The second-order valence-electron chi connectivity index (χ2n) is 4.83. The Kier molecular flexibility index (Phi) is 4.08. The summed E-state index contributed by atoms with van der Waals surface area (Å²) >= 11 is 0. The van der Waals surface area contributed by atoms with Gasteiger partial charge in [-0.15, -0.1) is 0 Å². The highest BCUT2D eigenvalue weighted by molar-refractivity contribution is 5.30. The zero-order valence-electron chi connectivity index (χ0n) is 11.4. The van der Waals surface area contributed by atoms with E-state index in [1.165, 1.54) is 11.3 Å². The quantitative estimate of drug-likeness (QED) is 0.779. The zero-order valence-corrected chi connectivity index (χ0v) is 11.4. The van der Waals surface area contributed by atoms with Crippen LogP contribution in [0.15, 0.2) is 42.6 Å². The number of rotatable bonds is 5. The van der Waals surface area contributed by atoms with Crippen molar-refractivity contribution in [3.8, 4) is 5.75 Å². The fourth-order valence-electron chi connectivity index (χ4n) is 2.24. The molecular formula is C16H21NO. The first-order chi connectivity index (χ1) is 8.70. The van der Waals surface area contributed by atoms with Crippen LogP contribution in [0.4, 0.5) is 0 Å². The summed E-state index contributed by atoms with van der Waals surface area (Å²) in [4.78, 5) is 0. The van der Waals surface area contributed by atoms with Gasteiger partial charge in [-0.2, -0.15) is 0 Å². The van der Waals surface area contributed by atoms with Crippen LogP contribution in [0.1, 0.15) is 30.5 Å². The summed E-state index contributed by atoms with van der Waals surface area (Å²) in [5.41, 5.74) is 2.74. The van der Waals surface area contributed by atoms with Crippen molar-refractivity contribution < 1.29 is 4.74 Å². The second kappa shape index (κ2) is 5.76. The number of aryl methyl sites for hydroxylation is 2. The van der Waals surface area contributed by atoms with Crippen LogP contribution in [0.3, 0.4) is 0 Å². The summed E-state index contributed by atoms with van der Waals surface area (Å²) in [5, 5.41) is 0. The van der Waals surface area contributed by atoms with Gasteiger partial charge >= 0.3 is 0 Å². The molecule has 2 rings (SSSR count). The summed E-state index contributed by atoms with van der Waals surface area (Å²) < 4.78 is 7.46. The molecule has 0 aliphatic heterocycles. The molecule has 0 amide bonds. The van der Waals surface area contributed by atoms with Crippen molar-refractivity contribution in [2.24, 2.45) is 7.05 Å². The molecular weight excluding hydrogens is 222 g/mol. The monoisotopic (exact) mass is 243 g/mol. The van der Waals surface area contributed by atoms with E-state index in [0.717, 1.165) is 18.6 Å². The molecule has 0 fully saturated rings. The highest BCUT2D eigenvalue weighted by Crippen LogP contribution is 2.24. The molecule has 18 heavy (non-hydrogen) atoms. The van der Waals surface area contributed by atoms with Crippen LogP contribution in [0.25, 0.3) is 0 Å². The van der Waals surface area contributed by atoms with Crippen LogP contribution in [0.2, 0.25) is 0 Å². The van der Waals surface area contributed by atoms with E-state index in [0.29, 0.717) is 5.92 Å². The predicted octanol–water partition coefficient (Wildman–Crippen LogP) is 3.77. The lowest BCUT2D eigenvalue weighted by molar-refractivity contribution is 0.413. The van der Waals surface area contributed by atoms with Crippen molar-refractivity contribution in [3.63, 3.8) is 0 Å². The van der Waals surface area contributed by atoms with Crippen LogP contribution in [0.5, 0.6) is 5.75 Å². The van der Waals surface area contributed by atoms with Gasteiger partial charge in [0.05, 0.1) is 7.11 Å². The molecule has 2 nitrogen and oxygen atoms in total. The molecule has 0 N–H and O–H groups in total. The topological polar surface area (TPSA) is 14.2 Å². The smallest absolute Gasteiger partial charge is 0.119 e. The first-order valence-corrected chi connectivity index (χ1v) is 6.45. The van der Waals surface area contributed by atoms with Gasteiger partial charge in [-0.3, -0.25) is 0 Å². The van der Waals surface area contributed by atoms with Crippen LogP contribution in [-0.4, -0.2) is 11.7 Å². The maximum Gasteiger partial charge on any atom is 0.119 e. The fourth-order valence-corrected chi connectivity index (χ4v) is 2.24. The van der Waals surface area contributed by atoms with Gasteiger partial charge in [0.15, 0.2) is 0 Å². The van der Waals surface area contributed by atoms with Gasteiger partial charge in [0.1, 0.15) is 5.75 Å². The minimum absolute atomic E-state index is 0.551. The normalized spacial score (nSPS) is 12.4. The number of nitrogens with zero attached hydrogens (tertiary/aromatic N) is 1. The van der Waals surface area contributed by atoms with E-state index in [1.54, 1.807) is 7.11 Å². The zero-order chi connectivity index (χ0) is 13.0. The molecule has 0 aliphatic rings. The average molecular weight is 243 g/mol. The minimum Gasteiger partial charge on any atom is -0.497 e. The third-order valence-corrected chi connectivity index (χ3v) is 3.55. The number of ether oxygens (including phenoxy) is 1. The summed E-state index contributed by atoms with van der Waals surface area (Å²) in [5.74, 6) is 1.49. The first kappa shape index (κ1) is 12.7. The Morgan fingerprint density at radius 3 is 2.72 bits per heavy atom. The van der Waals surface area contributed by atoms with Gasteiger partial charge in [-0.1, -0.05) is 19.1 Å². The Balaban J connectivity index is 1.99. The minimum atomic E-state index is 0.551. The summed E-state index contributed by atoms with van der Waals surface area (Å²) in [7, 11) is 3.82. The Labute approximate surface area is 109 Å². The third kappa shape index (κ3) is 2.95. The number of methoxy groups -OCH3 is 1. The molecule has 1 heterocycles. The van der Waals surface area contributed by atoms with Gasteiger partial charge < -0.3 is 9.30 Å². The highest BCUT2D eigenvalue weighted by Gasteiger charge is 2.07. The van der Waals surface area contributed by atoms with Crippen molar-refractivity contribution in [2.75, 3.05) is 7.11 Å². The molecule has 0 saturated carbocycles. The van der Waals surface area contributed by atoms with Crippen molar-refractivity contribution in [1.82, 2.24) is 4.57 Å². The molecule has 0 saturated heterocycles. The molecule has 1 aromatic heterocycles. The Hall–Kier alpha value is -1.70. The molecule has 0 aliphatic carbocycles. The van der Waals surface area contributed by atoms with Gasteiger partial charge in [0.2, 0.25) is 0 Å². The maximum absolute atomic E-state index is 5.27. The van der Waals surface area contributed by atoms with Crippen LogP contribution in [0, 0.1) is 0 Å². The molecule has 96 valence electrons. The van der Waals surface area contributed by atoms with E-state index >= 15 is 0 Å². The van der Waals surface area contributed by atoms with Gasteiger partial charge in [-0.05, 0) is 48.6 Å². The standard InChI is InChI=1S/C16H21NO/c1-13(9-10-15-7-5-11-17(15)2)14-6-4-8-16(12-14)18-3/h4-8,11-13H,9-10H2,1-3H3/t13-/m0/s1. The molecule has 1 aromatic carbocycles. The number of hydrogen-bond donors (Lipinski definition) is 0. The molecule has 0 radical (unpaired) electrons. The largest absolute Gasteiger partial charge is 0.497 e. The first-order valence-electron chi connectivity index (χ1n) is 6.45. The van der Waals surface area contributed by atoms with Crippen LogP contribution < -0.4 is 4.74 Å². The molecule has 0 unspecified atom stereocenters. The van der Waals surface area contributed by atoms with Gasteiger partial charge in [-0.25, -0.2) is 0 Å². The van der Waals surface area contributed by atoms with E-state index in [2.05, 4.69) is 55.1 Å². The predicted molar refractivity (Wildman–Crippen MR) is 75.1 cm³/mol. The lowest BCUT2D eigenvalue weighted by Crippen LogP contribution is -2.00. The van der Waals surface area contributed by atoms with Gasteiger partial charge in [0, 0.05) is 18.9 Å². The van der Waals surface area contributed by atoms with Gasteiger partial charge in [0.25, 0.3) is 0 Å². The lowest BCUT2D eigenvalue weighted by Gasteiger charge is -2.13. The number of benzene rings is 1. The van der Waals surface area contributed by atoms with E-state index < -0.39 is 0 Å². The lowest BCUT2D eigenvalue weighted by atomic mass is 9.95. The fraction of sp³-hybridized carbons (Fsp3) is 0.375. The molecule has 2 heteroatoms. The molecule has 0 bridgehead atoms. The summed E-state index contributed by atoms with van der Waals surface area (Å²) in [6, 6.07) is 12.7. The summed E-state index contributed by atoms with van der Waals surface area (Å²) in [6.07, 6.45) is 4.37. The molecule has 0 spiro atoms. The van der Waals surface area contributed by atoms with E-state index in [4.69, 9.17) is 4.74 Å². The Morgan fingerprint density at radius 1 is 1.22 bits per heavy atom. The molecule has 1 atom stereocenters. The Bertz CT molecular complexity index is 501. The van der Waals surface area contributed by atoms with E-state index in [-0.39, 0.29) is 0 Å². The van der Waals surface area contributed by atoms with E-state index in [9.17, 15) is 0 Å². The van der Waals surface area contributed by atoms with Crippen molar-refractivity contribution in [2.45, 2.75) is 25.7 Å².